The molecule has 184 valence electrons. The first-order chi connectivity index (χ1) is 17.4. The number of aromatic nitrogens is 2. The van der Waals surface area contributed by atoms with Gasteiger partial charge in [-0.2, -0.15) is 0 Å². The van der Waals surface area contributed by atoms with Gasteiger partial charge in [-0.25, -0.2) is 9.97 Å². The van der Waals surface area contributed by atoms with Crippen molar-refractivity contribution in [1.29, 1.82) is 0 Å². The molecule has 5 rings (SSSR count). The van der Waals surface area contributed by atoms with E-state index in [4.69, 9.17) is 9.47 Å². The van der Waals surface area contributed by atoms with E-state index in [1.54, 1.807) is 19.1 Å². The van der Waals surface area contributed by atoms with Crippen LogP contribution in [0.4, 0.5) is 5.69 Å². The van der Waals surface area contributed by atoms with Gasteiger partial charge < -0.3 is 14.4 Å². The lowest BCUT2D eigenvalue weighted by Crippen LogP contribution is -2.74. The highest BCUT2D eigenvalue weighted by Gasteiger charge is 2.67. The van der Waals surface area contributed by atoms with Crippen LogP contribution < -0.4 is 9.64 Å². The van der Waals surface area contributed by atoms with Crippen LogP contribution in [0.3, 0.4) is 0 Å². The molecule has 0 spiro atoms. The van der Waals surface area contributed by atoms with E-state index >= 15 is 0 Å². The number of nitrogens with zero attached hydrogens (tertiary/aromatic N) is 4. The molecule has 0 bridgehead atoms. The van der Waals surface area contributed by atoms with E-state index in [2.05, 4.69) is 9.97 Å². The number of hydrogen-bond acceptors (Lipinski definition) is 7. The second kappa shape index (κ2) is 9.07. The number of β-lactam (4-membered cyclic amide) rings is 1. The molecule has 0 radical (unpaired) electrons. The number of benzene rings is 2. The quantitative estimate of drug-likeness (QED) is 0.390. The highest BCUT2D eigenvalue weighted by atomic mass is 16.5. The molecule has 1 aromatic heterocycles. The molecular weight excluding hydrogens is 460 g/mol. The van der Waals surface area contributed by atoms with E-state index in [1.165, 1.54) is 9.80 Å². The van der Waals surface area contributed by atoms with E-state index in [9.17, 15) is 14.4 Å². The Morgan fingerprint density at radius 1 is 1.03 bits per heavy atom. The molecule has 1 fully saturated rings. The Bertz CT molecular complexity index is 1320. The van der Waals surface area contributed by atoms with Crippen LogP contribution in [-0.2, 0) is 24.7 Å². The second-order valence-corrected chi connectivity index (χ2v) is 8.79. The third-order valence-electron chi connectivity index (χ3n) is 6.49. The average Bonchev–Trinajstić information content (AvgIpc) is 2.95. The number of esters is 1. The number of ether oxygens (including phenoxy) is 2. The van der Waals surface area contributed by atoms with Crippen LogP contribution in [-0.4, -0.2) is 58.5 Å². The molecule has 2 aromatic carbocycles. The topological polar surface area (TPSA) is 102 Å². The smallest absolute Gasteiger partial charge is 0.326 e. The van der Waals surface area contributed by atoms with Gasteiger partial charge in [0, 0.05) is 17.0 Å². The molecule has 2 amide bonds. The van der Waals surface area contributed by atoms with Crippen molar-refractivity contribution in [2.24, 2.45) is 0 Å². The summed E-state index contributed by atoms with van der Waals surface area (Å²) in [5.74, 6) is -1.27. The Labute approximate surface area is 208 Å². The molecule has 0 aliphatic carbocycles. The summed E-state index contributed by atoms with van der Waals surface area (Å²) in [5, 5.41) is 0. The van der Waals surface area contributed by atoms with Crippen LogP contribution in [0.25, 0.3) is 0 Å². The highest BCUT2D eigenvalue weighted by Crippen LogP contribution is 2.52. The fraction of sp³-hybridized carbons (Fsp3) is 0.296. The number of carbonyl (C=O) groups excluding carboxylic acids is 3. The van der Waals surface area contributed by atoms with Gasteiger partial charge >= 0.3 is 12.0 Å². The number of amides is 2. The minimum absolute atomic E-state index is 0.0947. The number of rotatable bonds is 6. The van der Waals surface area contributed by atoms with Crippen LogP contribution in [0.15, 0.2) is 60.7 Å². The summed E-state index contributed by atoms with van der Waals surface area (Å²) in [4.78, 5) is 51.1. The molecule has 0 N–H and O–H groups in total. The van der Waals surface area contributed by atoms with Crippen molar-refractivity contribution in [2.75, 3.05) is 24.6 Å². The molecule has 0 saturated carbocycles. The average molecular weight is 487 g/mol. The normalized spacial score (nSPS) is 20.7. The summed E-state index contributed by atoms with van der Waals surface area (Å²) < 4.78 is 11.3. The number of fused-ring (bicyclic) bond motifs is 3. The molecule has 9 nitrogen and oxygen atoms in total. The lowest BCUT2D eigenvalue weighted by molar-refractivity contribution is -0.178. The van der Waals surface area contributed by atoms with E-state index < -0.39 is 17.6 Å². The summed E-state index contributed by atoms with van der Waals surface area (Å²) in [7, 11) is 0. The number of carbonyl (C=O) groups is 3. The third kappa shape index (κ3) is 3.67. The van der Waals surface area contributed by atoms with Crippen LogP contribution in [0.2, 0.25) is 0 Å². The van der Waals surface area contributed by atoms with Crippen molar-refractivity contribution in [3.63, 3.8) is 0 Å². The Kier molecular flexibility index (Phi) is 5.91. The fourth-order valence-electron chi connectivity index (χ4n) is 5.10. The number of aryl methyl sites for hydroxylation is 2. The fourth-order valence-corrected chi connectivity index (χ4v) is 5.10. The molecule has 36 heavy (non-hydrogen) atoms. The lowest BCUT2D eigenvalue weighted by Gasteiger charge is -2.55. The summed E-state index contributed by atoms with van der Waals surface area (Å²) in [6.07, 6.45) is -1.02. The minimum atomic E-state index is -1.13. The van der Waals surface area contributed by atoms with Gasteiger partial charge in [0.2, 0.25) is 12.0 Å². The van der Waals surface area contributed by atoms with Crippen LogP contribution in [0.1, 0.15) is 29.4 Å². The Hall–Kier alpha value is -4.27. The molecule has 1 saturated heterocycles. The van der Waals surface area contributed by atoms with Crippen LogP contribution in [0.5, 0.6) is 6.01 Å². The van der Waals surface area contributed by atoms with Gasteiger partial charge in [-0.3, -0.25) is 19.3 Å². The summed E-state index contributed by atoms with van der Waals surface area (Å²) >= 11 is 0. The standard InChI is InChI=1S/C27H26N4O5/c1-4-35-23(33)16-30-21-13-9-8-12-20(21)27(19-10-6-5-7-11-19)24(25(34)31(27)15-22(30)32)36-26-28-17(2)14-18(3)29-26/h5-14,24H,4,15-16H2,1-3H3/t24-,27+/m1/s1. The van der Waals surface area contributed by atoms with E-state index in [0.29, 0.717) is 22.6 Å². The first kappa shape index (κ1) is 23.5. The second-order valence-electron chi connectivity index (χ2n) is 8.79. The third-order valence-corrected chi connectivity index (χ3v) is 6.49. The summed E-state index contributed by atoms with van der Waals surface area (Å²) in [6, 6.07) is 18.6. The van der Waals surface area contributed by atoms with Gasteiger partial charge in [-0.05, 0) is 38.5 Å². The zero-order valence-corrected chi connectivity index (χ0v) is 20.3. The minimum Gasteiger partial charge on any atom is -0.465 e. The van der Waals surface area contributed by atoms with Gasteiger partial charge in [-0.15, -0.1) is 0 Å². The highest BCUT2D eigenvalue weighted by molar-refractivity contribution is 6.06. The molecule has 0 unspecified atom stereocenters. The van der Waals surface area contributed by atoms with Crippen molar-refractivity contribution < 1.29 is 23.9 Å². The van der Waals surface area contributed by atoms with E-state index in [0.717, 1.165) is 5.56 Å². The zero-order valence-electron chi connectivity index (χ0n) is 20.3. The van der Waals surface area contributed by atoms with Crippen molar-refractivity contribution >= 4 is 23.5 Å². The monoisotopic (exact) mass is 486 g/mol. The zero-order chi connectivity index (χ0) is 25.4. The van der Waals surface area contributed by atoms with Gasteiger partial charge in [0.1, 0.15) is 18.6 Å². The lowest BCUT2D eigenvalue weighted by atomic mass is 9.69. The molecule has 2 aliphatic rings. The van der Waals surface area contributed by atoms with E-state index in [1.807, 2.05) is 62.4 Å². The van der Waals surface area contributed by atoms with Crippen LogP contribution >= 0.6 is 0 Å². The van der Waals surface area contributed by atoms with Gasteiger partial charge in [0.25, 0.3) is 5.91 Å². The van der Waals surface area contributed by atoms with Crippen molar-refractivity contribution in [2.45, 2.75) is 32.4 Å². The Balaban J connectivity index is 1.69. The number of hydrogen-bond donors (Lipinski definition) is 0. The predicted octanol–water partition coefficient (Wildman–Crippen LogP) is 2.54. The SMILES string of the molecule is CCOC(=O)CN1C(=O)CN2C(=O)[C@@H](Oc3nc(C)cc(C)n3)[C@]2(c2ccccc2)c2ccccc21. The maximum Gasteiger partial charge on any atom is 0.326 e. The summed E-state index contributed by atoms with van der Waals surface area (Å²) in [6.45, 7) is 5.08. The van der Waals surface area contributed by atoms with Gasteiger partial charge in [0.05, 0.1) is 12.3 Å². The largest absolute Gasteiger partial charge is 0.465 e. The molecule has 9 heteroatoms. The van der Waals surface area contributed by atoms with Crippen molar-refractivity contribution in [1.82, 2.24) is 14.9 Å². The molecule has 2 aliphatic heterocycles. The first-order valence-electron chi connectivity index (χ1n) is 11.8. The molecular formula is C27H26N4O5. The Morgan fingerprint density at radius 2 is 1.69 bits per heavy atom. The maximum absolute atomic E-state index is 13.6. The van der Waals surface area contributed by atoms with Gasteiger partial charge in [-0.1, -0.05) is 48.5 Å². The maximum atomic E-state index is 13.6. The number of anilines is 1. The molecule has 3 heterocycles. The first-order valence-corrected chi connectivity index (χ1v) is 11.8. The van der Waals surface area contributed by atoms with E-state index in [-0.39, 0.29) is 37.5 Å². The van der Waals surface area contributed by atoms with Crippen LogP contribution in [0, 0.1) is 13.8 Å². The predicted molar refractivity (Wildman–Crippen MR) is 130 cm³/mol. The van der Waals surface area contributed by atoms with Crippen molar-refractivity contribution in [3.05, 3.63) is 83.2 Å². The molecule has 2 atom stereocenters. The van der Waals surface area contributed by atoms with Crippen molar-refractivity contribution in [3.8, 4) is 6.01 Å². The van der Waals surface area contributed by atoms with Gasteiger partial charge in [0.15, 0.2) is 0 Å². The summed E-state index contributed by atoms with van der Waals surface area (Å²) in [5.41, 5.74) is 2.26. The number of para-hydroxylation sites is 1. The molecule has 3 aromatic rings. The Morgan fingerprint density at radius 3 is 2.39 bits per heavy atom.